The van der Waals surface area contributed by atoms with E-state index in [0.717, 1.165) is 13.0 Å². The summed E-state index contributed by atoms with van der Waals surface area (Å²) in [7, 11) is 0. The summed E-state index contributed by atoms with van der Waals surface area (Å²) in [4.78, 5) is 18.0. The van der Waals surface area contributed by atoms with Crippen molar-refractivity contribution in [2.45, 2.75) is 33.6 Å². The maximum absolute atomic E-state index is 12.5. The monoisotopic (exact) mass is 493 g/mol. The third-order valence-corrected chi connectivity index (χ3v) is 4.88. The molecule has 0 aliphatic carbocycles. The summed E-state index contributed by atoms with van der Waals surface area (Å²) in [5.74, 6) is -2.84. The van der Waals surface area contributed by atoms with E-state index < -0.39 is 17.3 Å². The van der Waals surface area contributed by atoms with E-state index in [2.05, 4.69) is 9.97 Å². The van der Waals surface area contributed by atoms with Crippen LogP contribution in [-0.2, 0) is 5.92 Å². The van der Waals surface area contributed by atoms with Crippen LogP contribution in [0.15, 0.2) is 36.7 Å². The Morgan fingerprint density at radius 1 is 1.03 bits per heavy atom. The molecule has 4 nitrogen and oxygen atoms in total. The lowest BCUT2D eigenvalue weighted by Crippen LogP contribution is -2.19. The lowest BCUT2D eigenvalue weighted by molar-refractivity contribution is 0.0174. The van der Waals surface area contributed by atoms with E-state index in [4.69, 9.17) is 23.2 Å². The Kier molecular flexibility index (Phi) is 12.4. The van der Waals surface area contributed by atoms with Gasteiger partial charge in [-0.3, -0.25) is 4.79 Å². The van der Waals surface area contributed by atoms with Crippen molar-refractivity contribution in [3.8, 4) is 0 Å². The molecule has 2 aromatic rings. The van der Waals surface area contributed by atoms with Crippen molar-refractivity contribution in [2.75, 3.05) is 13.1 Å². The van der Waals surface area contributed by atoms with E-state index >= 15 is 0 Å². The first-order valence-electron chi connectivity index (χ1n) is 8.51. The van der Waals surface area contributed by atoms with E-state index in [-0.39, 0.29) is 29.6 Å². The number of alkyl halides is 2. The third-order valence-electron chi connectivity index (χ3n) is 3.36. The van der Waals surface area contributed by atoms with Crippen LogP contribution in [0.5, 0.6) is 0 Å². The Labute approximate surface area is 184 Å². The summed E-state index contributed by atoms with van der Waals surface area (Å²) >= 11 is 6.00. The van der Waals surface area contributed by atoms with Crippen molar-refractivity contribution in [2.24, 2.45) is 0 Å². The second-order valence-electron chi connectivity index (χ2n) is 5.68. The van der Waals surface area contributed by atoms with E-state index in [1.54, 1.807) is 12.1 Å². The SMILES string of the molecule is CC(=O)c1ccnc(Cl)c1.CC(F)(F)c1ccnc(Cl)c1.CCN(CC)S(F)(F)F. The number of aromatic nitrogens is 2. The predicted octanol–water partition coefficient (Wildman–Crippen LogP) is 7.49. The summed E-state index contributed by atoms with van der Waals surface area (Å²) in [6.45, 7) is 5.45. The minimum Gasteiger partial charge on any atom is -0.295 e. The fraction of sp³-hybridized carbons (Fsp3) is 0.389. The first-order valence-corrected chi connectivity index (χ1v) is 10.6. The number of carbonyl (C=O) groups is 1. The Morgan fingerprint density at radius 3 is 1.73 bits per heavy atom. The Balaban J connectivity index is 0.000000423. The average molecular weight is 494 g/mol. The van der Waals surface area contributed by atoms with Crippen LogP contribution in [0.4, 0.5) is 20.4 Å². The van der Waals surface area contributed by atoms with Crippen molar-refractivity contribution >= 4 is 40.4 Å². The highest BCUT2D eigenvalue weighted by Gasteiger charge is 2.28. The maximum atomic E-state index is 12.5. The highest BCUT2D eigenvalue weighted by Crippen LogP contribution is 2.56. The topological polar surface area (TPSA) is 46.1 Å². The Morgan fingerprint density at radius 2 is 1.50 bits per heavy atom. The van der Waals surface area contributed by atoms with Gasteiger partial charge in [-0.2, -0.15) is 4.31 Å². The molecule has 12 heteroatoms. The zero-order valence-corrected chi connectivity index (χ0v) is 19.0. The molecule has 0 bridgehead atoms. The van der Waals surface area contributed by atoms with Crippen LogP contribution in [-0.4, -0.2) is 33.1 Å². The molecule has 0 aromatic carbocycles. The minimum absolute atomic E-state index is 0.00398. The number of pyridine rings is 2. The molecule has 30 heavy (non-hydrogen) atoms. The van der Waals surface area contributed by atoms with Crippen LogP contribution in [0.3, 0.4) is 0 Å². The molecule has 2 rings (SSSR count). The van der Waals surface area contributed by atoms with Crippen molar-refractivity contribution in [1.82, 2.24) is 14.3 Å². The zero-order chi connectivity index (χ0) is 23.5. The quantitative estimate of drug-likeness (QED) is 0.246. The third kappa shape index (κ3) is 11.6. The molecule has 0 unspecified atom stereocenters. The molecule has 2 aromatic heterocycles. The van der Waals surface area contributed by atoms with Crippen LogP contribution in [0.25, 0.3) is 0 Å². The summed E-state index contributed by atoms with van der Waals surface area (Å²) in [5, 5.41) is 0.441. The van der Waals surface area contributed by atoms with Crippen molar-refractivity contribution in [3.05, 3.63) is 58.1 Å². The lowest BCUT2D eigenvalue weighted by atomic mass is 10.2. The first kappa shape index (κ1) is 28.5. The first-order chi connectivity index (χ1) is 13.7. The second-order valence-corrected chi connectivity index (χ2v) is 7.73. The van der Waals surface area contributed by atoms with Gasteiger partial charge in [-0.15, -0.1) is 11.7 Å². The van der Waals surface area contributed by atoms with Gasteiger partial charge in [-0.25, -0.2) is 18.7 Å². The fourth-order valence-corrected chi connectivity index (χ4v) is 2.75. The largest absolute Gasteiger partial charge is 0.295 e. The van der Waals surface area contributed by atoms with Crippen molar-refractivity contribution < 1.29 is 25.2 Å². The molecule has 2 heterocycles. The van der Waals surface area contributed by atoms with Crippen molar-refractivity contribution in [1.29, 1.82) is 0 Å². The second kappa shape index (κ2) is 13.0. The van der Waals surface area contributed by atoms with Gasteiger partial charge in [0, 0.05) is 43.5 Å². The molecule has 0 aliphatic heterocycles. The van der Waals surface area contributed by atoms with Crippen LogP contribution >= 0.6 is 34.6 Å². The summed E-state index contributed by atoms with van der Waals surface area (Å²) in [6, 6.07) is 5.57. The molecule has 0 spiro atoms. The highest BCUT2D eigenvalue weighted by molar-refractivity contribution is 8.18. The Hall–Kier alpha value is -1.49. The van der Waals surface area contributed by atoms with Gasteiger partial charge in [0.25, 0.3) is 17.3 Å². The number of rotatable bonds is 5. The van der Waals surface area contributed by atoms with E-state index in [0.29, 0.717) is 15.0 Å². The number of carbonyl (C=O) groups excluding carboxylic acids is 1. The maximum Gasteiger partial charge on any atom is 0.278 e. The predicted molar refractivity (Wildman–Crippen MR) is 112 cm³/mol. The summed E-state index contributed by atoms with van der Waals surface area (Å²) in [5.41, 5.74) is 0.484. The smallest absolute Gasteiger partial charge is 0.278 e. The van der Waals surface area contributed by atoms with Gasteiger partial charge in [-0.05, 0) is 31.2 Å². The molecule has 170 valence electrons. The average Bonchev–Trinajstić information content (AvgIpc) is 2.62. The van der Waals surface area contributed by atoms with Crippen LogP contribution in [0, 0.1) is 0 Å². The molecule has 0 aliphatic rings. The molecule has 0 N–H and O–H groups in total. The van der Waals surface area contributed by atoms with Crippen LogP contribution in [0.2, 0.25) is 10.3 Å². The number of Topliss-reactive ketones (excluding diaryl/α,β-unsaturated/α-hetero) is 1. The zero-order valence-electron chi connectivity index (χ0n) is 16.7. The summed E-state index contributed by atoms with van der Waals surface area (Å²) in [6.07, 6.45) is 2.77. The fourth-order valence-electron chi connectivity index (χ4n) is 1.81. The van der Waals surface area contributed by atoms with Gasteiger partial charge >= 0.3 is 0 Å². The minimum atomic E-state index is -4.93. The van der Waals surface area contributed by atoms with Crippen LogP contribution in [0.1, 0.15) is 43.6 Å². The molecule has 0 amide bonds. The highest BCUT2D eigenvalue weighted by atomic mass is 35.5. The Bertz CT molecular complexity index is 800. The van der Waals surface area contributed by atoms with Gasteiger partial charge in [0.05, 0.1) is 0 Å². The van der Waals surface area contributed by atoms with E-state index in [9.17, 15) is 25.2 Å². The van der Waals surface area contributed by atoms with Crippen molar-refractivity contribution in [3.63, 3.8) is 0 Å². The number of hydrogen-bond donors (Lipinski definition) is 0. The van der Waals surface area contributed by atoms with Gasteiger partial charge in [0.1, 0.15) is 10.3 Å². The summed E-state index contributed by atoms with van der Waals surface area (Å²) < 4.78 is 60.8. The molecule has 0 radical (unpaired) electrons. The molecule has 0 saturated heterocycles. The number of ketones is 1. The van der Waals surface area contributed by atoms with Gasteiger partial charge in [0.15, 0.2) is 5.78 Å². The van der Waals surface area contributed by atoms with Crippen LogP contribution < -0.4 is 0 Å². The molecular formula is C18H22Cl2F5N3OS. The number of hydrogen-bond acceptors (Lipinski definition) is 4. The van der Waals surface area contributed by atoms with Gasteiger partial charge in [0.2, 0.25) is 0 Å². The lowest BCUT2D eigenvalue weighted by Gasteiger charge is -2.23. The number of halogens is 7. The number of nitrogens with zero attached hydrogens (tertiary/aromatic N) is 3. The standard InChI is InChI=1S/C7H6ClF2N.C7H6ClNO.C4H10F3NS/c1-7(9,10)5-2-3-11-6(8)4-5;1-5(10)6-2-3-9-7(8)4-6;1-3-8(4-2)9(5,6)7/h2-4H,1H3;2-4H,1H3;3-4H2,1-2H3. The molecular weight excluding hydrogens is 472 g/mol. The molecule has 0 saturated carbocycles. The molecule has 0 atom stereocenters. The molecule has 0 fully saturated rings. The van der Waals surface area contributed by atoms with E-state index in [1.165, 1.54) is 39.2 Å². The normalized spacial score (nSPS) is 11.7. The van der Waals surface area contributed by atoms with E-state index in [1.807, 2.05) is 0 Å². The van der Waals surface area contributed by atoms with Gasteiger partial charge < -0.3 is 0 Å². The van der Waals surface area contributed by atoms with Gasteiger partial charge in [-0.1, -0.05) is 37.0 Å².